The van der Waals surface area contributed by atoms with Gasteiger partial charge in [0.05, 0.1) is 14.2 Å². The average Bonchev–Trinajstić information content (AvgIpc) is 3.28. The molecule has 0 saturated heterocycles. The van der Waals surface area contributed by atoms with Crippen molar-refractivity contribution in [3.63, 3.8) is 0 Å². The molecule has 7 heteroatoms. The Morgan fingerprint density at radius 3 is 2.62 bits per heavy atom. The van der Waals surface area contributed by atoms with E-state index in [1.165, 1.54) is 0 Å². The molecule has 2 aliphatic heterocycles. The highest BCUT2D eigenvalue weighted by Crippen LogP contribution is 2.63. The molecule has 0 saturated carbocycles. The van der Waals surface area contributed by atoms with Crippen molar-refractivity contribution in [2.45, 2.75) is 37.0 Å². The Kier molecular flexibility index (Phi) is 4.00. The molecule has 3 aliphatic rings. The van der Waals surface area contributed by atoms with Crippen molar-refractivity contribution in [2.24, 2.45) is 0 Å². The Morgan fingerprint density at radius 1 is 1.17 bits per heavy atom. The molecule has 0 fully saturated rings. The molecule has 2 heterocycles. The van der Waals surface area contributed by atoms with Crippen LogP contribution in [0, 0.1) is 0 Å². The molecule has 1 spiro atoms. The fourth-order valence-electron chi connectivity index (χ4n) is 5.37. The summed E-state index contributed by atoms with van der Waals surface area (Å²) in [6, 6.07) is 7.42. The summed E-state index contributed by atoms with van der Waals surface area (Å²) in [7, 11) is 3.11. The van der Waals surface area contributed by atoms with E-state index >= 15 is 0 Å². The van der Waals surface area contributed by atoms with Gasteiger partial charge in [-0.3, -0.25) is 0 Å². The third-order valence-corrected chi connectivity index (χ3v) is 6.68. The van der Waals surface area contributed by atoms with Crippen molar-refractivity contribution in [3.8, 4) is 23.0 Å². The maximum Gasteiger partial charge on any atom is 0.231 e. The first-order chi connectivity index (χ1) is 14.0. The molecule has 0 amide bonds. The fraction of sp³-hybridized carbons (Fsp3) is 0.455. The zero-order valence-corrected chi connectivity index (χ0v) is 16.7. The van der Waals surface area contributed by atoms with Crippen LogP contribution in [0.3, 0.4) is 0 Å². The molecule has 7 nitrogen and oxygen atoms in total. The van der Waals surface area contributed by atoms with Gasteiger partial charge in [0, 0.05) is 12.1 Å². The lowest BCUT2D eigenvalue weighted by molar-refractivity contribution is -0.107. The van der Waals surface area contributed by atoms with Crippen LogP contribution in [0.2, 0.25) is 0 Å². The van der Waals surface area contributed by atoms with Crippen LogP contribution in [-0.2, 0) is 17.6 Å². The topological polar surface area (TPSA) is 89.4 Å². The van der Waals surface area contributed by atoms with Crippen LogP contribution < -0.4 is 24.3 Å². The standard InChI is InChI=1S/C22H25NO6/c1-4-21(25)18-13(5-6-15(26-2)19(18)27-3)20(24)22(21)14-10-17-16(28-11-29-17)9-12(14)7-8-23-22/h5-6,9-10,20,23-25H,4,7-8,11H2,1-3H3/t20-,21+,22-/m0/s1. The van der Waals surface area contributed by atoms with Gasteiger partial charge in [0.2, 0.25) is 6.79 Å². The fourth-order valence-corrected chi connectivity index (χ4v) is 5.37. The Balaban J connectivity index is 1.81. The highest BCUT2D eigenvalue weighted by Gasteiger charge is 2.65. The van der Waals surface area contributed by atoms with E-state index < -0.39 is 17.2 Å². The molecule has 154 valence electrons. The predicted molar refractivity (Wildman–Crippen MR) is 105 cm³/mol. The molecule has 2 aromatic rings. The molecule has 2 aromatic carbocycles. The summed E-state index contributed by atoms with van der Waals surface area (Å²) in [6.07, 6.45) is 0.139. The van der Waals surface area contributed by atoms with Gasteiger partial charge in [-0.25, -0.2) is 0 Å². The van der Waals surface area contributed by atoms with Crippen molar-refractivity contribution >= 4 is 0 Å². The summed E-state index contributed by atoms with van der Waals surface area (Å²) in [5, 5.41) is 27.3. The number of aliphatic hydroxyl groups excluding tert-OH is 1. The lowest BCUT2D eigenvalue weighted by atomic mass is 9.68. The number of aliphatic hydroxyl groups is 2. The minimum Gasteiger partial charge on any atom is -0.493 e. The summed E-state index contributed by atoms with van der Waals surface area (Å²) in [5.41, 5.74) is 0.472. The zero-order chi connectivity index (χ0) is 20.4. The Morgan fingerprint density at radius 2 is 1.93 bits per heavy atom. The van der Waals surface area contributed by atoms with Gasteiger partial charge in [0.15, 0.2) is 23.0 Å². The van der Waals surface area contributed by atoms with Gasteiger partial charge in [-0.15, -0.1) is 0 Å². The van der Waals surface area contributed by atoms with Gasteiger partial charge in [-0.1, -0.05) is 13.0 Å². The molecular formula is C22H25NO6. The molecule has 29 heavy (non-hydrogen) atoms. The predicted octanol–water partition coefficient (Wildman–Crippen LogP) is 2.12. The van der Waals surface area contributed by atoms with Gasteiger partial charge in [0.1, 0.15) is 17.2 Å². The quantitative estimate of drug-likeness (QED) is 0.728. The monoisotopic (exact) mass is 399 g/mol. The maximum absolute atomic E-state index is 12.2. The molecule has 3 N–H and O–H groups in total. The number of fused-ring (bicyclic) bond motifs is 4. The highest BCUT2D eigenvalue weighted by molar-refractivity contribution is 5.64. The van der Waals surface area contributed by atoms with Crippen LogP contribution >= 0.6 is 0 Å². The van der Waals surface area contributed by atoms with E-state index in [1.807, 2.05) is 19.1 Å². The van der Waals surface area contributed by atoms with E-state index in [-0.39, 0.29) is 6.79 Å². The SMILES string of the molecule is CC[C@@]1(O)c2c(ccc(OC)c2OC)[C@H](O)[C@]12NCCc1cc3c(cc12)OCO3. The molecule has 3 atom stereocenters. The highest BCUT2D eigenvalue weighted by atomic mass is 16.7. The van der Waals surface area contributed by atoms with E-state index in [0.717, 1.165) is 17.5 Å². The second-order valence-corrected chi connectivity index (χ2v) is 7.73. The number of hydrogen-bond acceptors (Lipinski definition) is 7. The lowest BCUT2D eigenvalue weighted by Gasteiger charge is -2.48. The van der Waals surface area contributed by atoms with E-state index in [4.69, 9.17) is 18.9 Å². The van der Waals surface area contributed by atoms with E-state index in [9.17, 15) is 10.2 Å². The first kappa shape index (κ1) is 18.5. The Labute approximate surface area is 169 Å². The molecule has 1 aliphatic carbocycles. The first-order valence-corrected chi connectivity index (χ1v) is 9.85. The van der Waals surface area contributed by atoms with Crippen LogP contribution in [0.25, 0.3) is 0 Å². The Hall–Kier alpha value is -2.48. The van der Waals surface area contributed by atoms with Gasteiger partial charge in [-0.2, -0.15) is 0 Å². The van der Waals surface area contributed by atoms with Crippen molar-refractivity contribution in [1.29, 1.82) is 0 Å². The van der Waals surface area contributed by atoms with E-state index in [2.05, 4.69) is 5.32 Å². The number of hydrogen-bond donors (Lipinski definition) is 3. The molecular weight excluding hydrogens is 374 g/mol. The summed E-state index contributed by atoms with van der Waals surface area (Å²) in [6.45, 7) is 2.69. The largest absolute Gasteiger partial charge is 0.493 e. The van der Waals surface area contributed by atoms with Gasteiger partial charge < -0.3 is 34.5 Å². The molecule has 5 rings (SSSR count). The number of nitrogens with one attached hydrogen (secondary N) is 1. The van der Waals surface area contributed by atoms with Crippen LogP contribution in [0.15, 0.2) is 24.3 Å². The lowest BCUT2D eigenvalue weighted by Crippen LogP contribution is -2.60. The smallest absolute Gasteiger partial charge is 0.231 e. The summed E-state index contributed by atoms with van der Waals surface area (Å²) in [4.78, 5) is 0. The average molecular weight is 399 g/mol. The van der Waals surface area contributed by atoms with Crippen molar-refractivity contribution in [2.75, 3.05) is 27.6 Å². The number of methoxy groups -OCH3 is 2. The summed E-state index contributed by atoms with van der Waals surface area (Å²) in [5.74, 6) is 2.28. The van der Waals surface area contributed by atoms with Crippen molar-refractivity contribution in [3.05, 3.63) is 46.5 Å². The van der Waals surface area contributed by atoms with Crippen molar-refractivity contribution < 1.29 is 29.2 Å². The summed E-state index contributed by atoms with van der Waals surface area (Å²) < 4.78 is 22.3. The van der Waals surface area contributed by atoms with Gasteiger partial charge >= 0.3 is 0 Å². The third-order valence-electron chi connectivity index (χ3n) is 6.68. The summed E-state index contributed by atoms with van der Waals surface area (Å²) >= 11 is 0. The minimum atomic E-state index is -1.43. The van der Waals surface area contributed by atoms with E-state index in [1.54, 1.807) is 26.4 Å². The van der Waals surface area contributed by atoms with Crippen LogP contribution in [0.4, 0.5) is 0 Å². The molecule has 0 radical (unpaired) electrons. The van der Waals surface area contributed by atoms with Crippen LogP contribution in [0.1, 0.15) is 41.7 Å². The van der Waals surface area contributed by atoms with Crippen LogP contribution in [-0.4, -0.2) is 37.8 Å². The van der Waals surface area contributed by atoms with Crippen molar-refractivity contribution in [1.82, 2.24) is 5.32 Å². The third kappa shape index (κ3) is 2.12. The molecule has 0 unspecified atom stereocenters. The minimum absolute atomic E-state index is 0.171. The number of benzene rings is 2. The zero-order valence-electron chi connectivity index (χ0n) is 16.7. The van der Waals surface area contributed by atoms with E-state index in [0.29, 0.717) is 47.1 Å². The second-order valence-electron chi connectivity index (χ2n) is 7.73. The Bertz CT molecular complexity index is 992. The van der Waals surface area contributed by atoms with Crippen LogP contribution in [0.5, 0.6) is 23.0 Å². The number of ether oxygens (including phenoxy) is 4. The number of rotatable bonds is 3. The van der Waals surface area contributed by atoms with Gasteiger partial charge in [0.25, 0.3) is 0 Å². The molecule has 0 aromatic heterocycles. The maximum atomic E-state index is 12.2. The normalized spacial score (nSPS) is 28.9. The van der Waals surface area contributed by atoms with Gasteiger partial charge in [-0.05, 0) is 47.7 Å². The first-order valence-electron chi connectivity index (χ1n) is 9.85. The second kappa shape index (κ2) is 6.26. The molecule has 0 bridgehead atoms.